The first-order valence-corrected chi connectivity index (χ1v) is 6.35. The molecule has 2 aromatic heterocycles. The van der Waals surface area contributed by atoms with Crippen LogP contribution in [0.4, 0.5) is 0 Å². The number of pyridine rings is 2. The Morgan fingerprint density at radius 2 is 2.06 bits per heavy atom. The second-order valence-electron chi connectivity index (χ2n) is 3.13. The molecule has 1 unspecified atom stereocenters. The van der Waals surface area contributed by atoms with E-state index in [9.17, 15) is 4.21 Å². The van der Waals surface area contributed by atoms with Crippen LogP contribution >= 0.6 is 11.6 Å². The van der Waals surface area contributed by atoms with Crippen LogP contribution in [-0.2, 0) is 16.6 Å². The SMILES string of the molecule is O=S(Cc1ccccn1)c1ccc(Cl)cn1. The topological polar surface area (TPSA) is 42.9 Å². The van der Waals surface area contributed by atoms with Crippen molar-refractivity contribution in [3.8, 4) is 0 Å². The lowest BCUT2D eigenvalue weighted by atomic mass is 10.4. The van der Waals surface area contributed by atoms with Crippen LogP contribution in [0.15, 0.2) is 47.8 Å². The minimum atomic E-state index is -1.17. The van der Waals surface area contributed by atoms with Crippen LogP contribution in [0.1, 0.15) is 5.69 Å². The predicted octanol–water partition coefficient (Wildman–Crippen LogP) is 2.44. The molecule has 0 aliphatic heterocycles. The molecule has 0 aliphatic carbocycles. The number of halogens is 1. The van der Waals surface area contributed by atoms with Gasteiger partial charge in [-0.3, -0.25) is 9.19 Å². The molecule has 0 saturated heterocycles. The van der Waals surface area contributed by atoms with Gasteiger partial charge < -0.3 is 0 Å². The van der Waals surface area contributed by atoms with E-state index in [1.165, 1.54) is 6.20 Å². The molecule has 0 spiro atoms. The normalized spacial score (nSPS) is 12.3. The highest BCUT2D eigenvalue weighted by molar-refractivity contribution is 7.84. The van der Waals surface area contributed by atoms with E-state index in [2.05, 4.69) is 9.97 Å². The Labute approximate surface area is 101 Å². The third-order valence-electron chi connectivity index (χ3n) is 1.94. The third-order valence-corrected chi connectivity index (χ3v) is 3.43. The summed E-state index contributed by atoms with van der Waals surface area (Å²) in [4.78, 5) is 8.13. The Morgan fingerprint density at radius 3 is 2.69 bits per heavy atom. The molecule has 0 aliphatic rings. The van der Waals surface area contributed by atoms with Gasteiger partial charge in [-0.15, -0.1) is 0 Å². The van der Waals surface area contributed by atoms with E-state index < -0.39 is 10.8 Å². The minimum absolute atomic E-state index is 0.371. The van der Waals surface area contributed by atoms with Crippen LogP contribution in [0, 0.1) is 0 Å². The van der Waals surface area contributed by atoms with Crippen molar-refractivity contribution in [3.05, 3.63) is 53.4 Å². The Morgan fingerprint density at radius 1 is 1.19 bits per heavy atom. The average Bonchev–Trinajstić information content (AvgIpc) is 2.31. The lowest BCUT2D eigenvalue weighted by Gasteiger charge is -2.00. The molecule has 2 heterocycles. The van der Waals surface area contributed by atoms with Crippen molar-refractivity contribution in [1.29, 1.82) is 0 Å². The van der Waals surface area contributed by atoms with Gasteiger partial charge in [0.1, 0.15) is 5.03 Å². The predicted molar refractivity (Wildman–Crippen MR) is 63.6 cm³/mol. The molecule has 0 aromatic carbocycles. The summed E-state index contributed by atoms with van der Waals surface area (Å²) in [6.45, 7) is 0. The number of hydrogen-bond donors (Lipinski definition) is 0. The quantitative estimate of drug-likeness (QED) is 0.843. The van der Waals surface area contributed by atoms with Crippen LogP contribution in [0.25, 0.3) is 0 Å². The van der Waals surface area contributed by atoms with E-state index in [0.717, 1.165) is 5.69 Å². The Kier molecular flexibility index (Phi) is 3.64. The lowest BCUT2D eigenvalue weighted by Crippen LogP contribution is -2.00. The maximum absolute atomic E-state index is 11.9. The zero-order chi connectivity index (χ0) is 11.4. The van der Waals surface area contributed by atoms with Crippen molar-refractivity contribution in [2.45, 2.75) is 10.8 Å². The highest BCUT2D eigenvalue weighted by Crippen LogP contribution is 2.11. The molecule has 0 fully saturated rings. The number of aromatic nitrogens is 2. The van der Waals surface area contributed by atoms with Gasteiger partial charge >= 0.3 is 0 Å². The molecule has 0 saturated carbocycles. The zero-order valence-corrected chi connectivity index (χ0v) is 9.91. The Hall–Kier alpha value is -1.26. The van der Waals surface area contributed by atoms with Crippen LogP contribution in [0.5, 0.6) is 0 Å². The van der Waals surface area contributed by atoms with Crippen molar-refractivity contribution < 1.29 is 4.21 Å². The molecule has 2 rings (SSSR count). The van der Waals surface area contributed by atoms with Crippen molar-refractivity contribution >= 4 is 22.4 Å². The molecule has 0 radical (unpaired) electrons. The summed E-state index contributed by atoms with van der Waals surface area (Å²) >= 11 is 5.70. The van der Waals surface area contributed by atoms with E-state index in [0.29, 0.717) is 15.8 Å². The van der Waals surface area contributed by atoms with Crippen LogP contribution in [0.3, 0.4) is 0 Å². The largest absolute Gasteiger partial charge is 0.260 e. The van der Waals surface area contributed by atoms with E-state index >= 15 is 0 Å². The van der Waals surface area contributed by atoms with E-state index in [1.807, 2.05) is 18.2 Å². The summed E-state index contributed by atoms with van der Waals surface area (Å²) in [5.41, 5.74) is 0.789. The van der Waals surface area contributed by atoms with Crippen LogP contribution < -0.4 is 0 Å². The monoisotopic (exact) mass is 252 g/mol. The molecule has 0 N–H and O–H groups in total. The van der Waals surface area contributed by atoms with Crippen molar-refractivity contribution in [1.82, 2.24) is 9.97 Å². The summed E-state index contributed by atoms with van der Waals surface area (Å²) in [5, 5.41) is 1.06. The summed E-state index contributed by atoms with van der Waals surface area (Å²) in [6, 6.07) is 8.89. The molecule has 0 amide bonds. The van der Waals surface area contributed by atoms with Gasteiger partial charge in [-0.1, -0.05) is 17.7 Å². The van der Waals surface area contributed by atoms with Gasteiger partial charge in [-0.05, 0) is 24.3 Å². The number of hydrogen-bond acceptors (Lipinski definition) is 3. The summed E-state index contributed by atoms with van der Waals surface area (Å²) in [5.74, 6) is 0.371. The first-order valence-electron chi connectivity index (χ1n) is 4.65. The molecule has 5 heteroatoms. The number of nitrogens with zero attached hydrogens (tertiary/aromatic N) is 2. The van der Waals surface area contributed by atoms with Gasteiger partial charge in [0.25, 0.3) is 0 Å². The molecule has 0 bridgehead atoms. The summed E-state index contributed by atoms with van der Waals surface area (Å²) < 4.78 is 11.9. The van der Waals surface area contributed by atoms with E-state index in [1.54, 1.807) is 18.3 Å². The maximum atomic E-state index is 11.9. The van der Waals surface area contributed by atoms with Crippen molar-refractivity contribution in [2.24, 2.45) is 0 Å². The molecular weight excluding hydrogens is 244 g/mol. The fraction of sp³-hybridized carbons (Fsp3) is 0.0909. The average molecular weight is 253 g/mol. The summed E-state index contributed by atoms with van der Waals surface area (Å²) in [7, 11) is -1.17. The first kappa shape index (κ1) is 11.2. The minimum Gasteiger partial charge on any atom is -0.260 e. The van der Waals surface area contributed by atoms with Gasteiger partial charge in [0, 0.05) is 12.4 Å². The highest BCUT2D eigenvalue weighted by Gasteiger charge is 2.06. The summed E-state index contributed by atoms with van der Waals surface area (Å²) in [6.07, 6.45) is 3.18. The fourth-order valence-electron chi connectivity index (χ4n) is 1.19. The highest BCUT2D eigenvalue weighted by atomic mass is 35.5. The molecule has 3 nitrogen and oxygen atoms in total. The Balaban J connectivity index is 2.12. The van der Waals surface area contributed by atoms with Gasteiger partial charge in [-0.2, -0.15) is 0 Å². The van der Waals surface area contributed by atoms with Crippen molar-refractivity contribution in [2.75, 3.05) is 0 Å². The van der Waals surface area contributed by atoms with Gasteiger partial charge in [0.05, 0.1) is 27.3 Å². The second kappa shape index (κ2) is 5.18. The van der Waals surface area contributed by atoms with Gasteiger partial charge in [0.15, 0.2) is 0 Å². The van der Waals surface area contributed by atoms with Crippen LogP contribution in [0.2, 0.25) is 5.02 Å². The third kappa shape index (κ3) is 2.87. The lowest BCUT2D eigenvalue weighted by molar-refractivity contribution is 0.679. The zero-order valence-electron chi connectivity index (χ0n) is 8.34. The molecule has 1 atom stereocenters. The maximum Gasteiger partial charge on any atom is 0.127 e. The van der Waals surface area contributed by atoms with E-state index in [-0.39, 0.29) is 0 Å². The smallest absolute Gasteiger partial charge is 0.127 e. The molecular formula is C11H9ClN2OS. The van der Waals surface area contributed by atoms with Crippen LogP contribution in [-0.4, -0.2) is 14.2 Å². The first-order chi connectivity index (χ1) is 7.75. The van der Waals surface area contributed by atoms with Gasteiger partial charge in [0.2, 0.25) is 0 Å². The second-order valence-corrected chi connectivity index (χ2v) is 4.96. The molecule has 2 aromatic rings. The molecule has 82 valence electrons. The Bertz CT molecular complexity index is 487. The molecule has 16 heavy (non-hydrogen) atoms. The van der Waals surface area contributed by atoms with Crippen molar-refractivity contribution in [3.63, 3.8) is 0 Å². The van der Waals surface area contributed by atoms with Gasteiger partial charge in [-0.25, -0.2) is 4.98 Å². The standard InChI is InChI=1S/C11H9ClN2OS/c12-9-4-5-11(14-7-9)16(15)8-10-3-1-2-6-13-10/h1-7H,8H2. The number of rotatable bonds is 3. The van der Waals surface area contributed by atoms with E-state index in [4.69, 9.17) is 11.6 Å². The fourth-order valence-corrected chi connectivity index (χ4v) is 2.28.